The minimum atomic E-state index is -0.639. The van der Waals surface area contributed by atoms with E-state index in [9.17, 15) is 5.11 Å². The molecular formula is C19H20ClN3O3S. The molecule has 2 aromatic carbocycles. The lowest BCUT2D eigenvalue weighted by atomic mass is 10.2. The van der Waals surface area contributed by atoms with Gasteiger partial charge in [0.2, 0.25) is 0 Å². The Balaban J connectivity index is 1.53. The molecule has 0 aliphatic rings. The topological polar surface area (TPSA) is 69.4 Å². The van der Waals surface area contributed by atoms with E-state index < -0.39 is 6.10 Å². The maximum absolute atomic E-state index is 10.2. The summed E-state index contributed by atoms with van der Waals surface area (Å²) in [4.78, 5) is 0. The monoisotopic (exact) mass is 405 g/mol. The molecule has 0 saturated heterocycles. The minimum absolute atomic E-state index is 0.209. The standard InChI is InChI=1S/C19H20ClN3O3S/c1-25-18-9-5-4-8-17(18)23-13-21-22-19(23)27-12-15(24)11-26-10-14-6-2-3-7-16(14)20/h2-9,13,15,24H,10-12H2,1H3/t15-/m0/s1. The third kappa shape index (κ3) is 5.23. The molecule has 3 rings (SSSR count). The van der Waals surface area contributed by atoms with Crippen LogP contribution in [0.15, 0.2) is 60.0 Å². The molecule has 0 spiro atoms. The number of aromatic nitrogens is 3. The molecule has 0 fully saturated rings. The van der Waals surface area contributed by atoms with E-state index in [0.717, 1.165) is 17.0 Å². The highest BCUT2D eigenvalue weighted by molar-refractivity contribution is 7.99. The second kappa shape index (κ2) is 9.75. The number of hydrogen-bond donors (Lipinski definition) is 1. The van der Waals surface area contributed by atoms with Crippen LogP contribution in [0.25, 0.3) is 5.69 Å². The molecule has 0 saturated carbocycles. The van der Waals surface area contributed by atoms with Crippen LogP contribution in [0.3, 0.4) is 0 Å². The van der Waals surface area contributed by atoms with Crippen LogP contribution in [0.5, 0.6) is 5.75 Å². The molecule has 6 nitrogen and oxygen atoms in total. The fourth-order valence-electron chi connectivity index (χ4n) is 2.46. The van der Waals surface area contributed by atoms with E-state index in [-0.39, 0.29) is 6.61 Å². The first-order valence-electron chi connectivity index (χ1n) is 8.34. The SMILES string of the molecule is COc1ccccc1-n1cnnc1SC[C@@H](O)COCc1ccccc1Cl. The number of halogens is 1. The highest BCUT2D eigenvalue weighted by Crippen LogP contribution is 2.27. The van der Waals surface area contributed by atoms with Crippen LogP contribution in [-0.4, -0.2) is 45.4 Å². The maximum atomic E-state index is 10.2. The van der Waals surface area contributed by atoms with Crippen molar-refractivity contribution in [2.45, 2.75) is 17.9 Å². The van der Waals surface area contributed by atoms with Crippen LogP contribution in [0, 0.1) is 0 Å². The lowest BCUT2D eigenvalue weighted by molar-refractivity contribution is 0.0398. The molecule has 8 heteroatoms. The van der Waals surface area contributed by atoms with Crippen LogP contribution in [-0.2, 0) is 11.3 Å². The second-order valence-electron chi connectivity index (χ2n) is 5.73. The predicted octanol–water partition coefficient (Wildman–Crippen LogP) is 3.60. The number of benzene rings is 2. The summed E-state index contributed by atoms with van der Waals surface area (Å²) in [5.41, 5.74) is 1.74. The molecule has 0 amide bonds. The van der Waals surface area contributed by atoms with Gasteiger partial charge in [0.05, 0.1) is 32.1 Å². The molecule has 3 aromatic rings. The van der Waals surface area contributed by atoms with Gasteiger partial charge in [-0.3, -0.25) is 4.57 Å². The summed E-state index contributed by atoms with van der Waals surface area (Å²) in [7, 11) is 1.62. The minimum Gasteiger partial charge on any atom is -0.495 e. The molecule has 0 unspecified atom stereocenters. The van der Waals surface area contributed by atoms with E-state index in [0.29, 0.717) is 22.5 Å². The average molecular weight is 406 g/mol. The number of thioether (sulfide) groups is 1. The van der Waals surface area contributed by atoms with Crippen molar-refractivity contribution in [3.05, 3.63) is 65.4 Å². The fourth-order valence-corrected chi connectivity index (χ4v) is 3.47. The van der Waals surface area contributed by atoms with Crippen molar-refractivity contribution in [1.82, 2.24) is 14.8 Å². The van der Waals surface area contributed by atoms with Crippen LogP contribution in [0.4, 0.5) is 0 Å². The van der Waals surface area contributed by atoms with Crippen molar-refractivity contribution in [1.29, 1.82) is 0 Å². The maximum Gasteiger partial charge on any atom is 0.195 e. The Labute approximate surface area is 167 Å². The van der Waals surface area contributed by atoms with Gasteiger partial charge in [-0.05, 0) is 23.8 Å². The summed E-state index contributed by atoms with van der Waals surface area (Å²) < 4.78 is 12.8. The number of methoxy groups -OCH3 is 1. The Kier molecular flexibility index (Phi) is 7.11. The molecule has 1 N–H and O–H groups in total. The van der Waals surface area contributed by atoms with Crippen molar-refractivity contribution >= 4 is 23.4 Å². The van der Waals surface area contributed by atoms with Crippen molar-refractivity contribution in [3.63, 3.8) is 0 Å². The summed E-state index contributed by atoms with van der Waals surface area (Å²) in [5, 5.41) is 19.6. The number of rotatable bonds is 9. The molecule has 1 heterocycles. The Morgan fingerprint density at radius 2 is 1.96 bits per heavy atom. The van der Waals surface area contributed by atoms with Crippen LogP contribution in [0.2, 0.25) is 5.02 Å². The summed E-state index contributed by atoms with van der Waals surface area (Å²) in [6.45, 7) is 0.569. The Bertz CT molecular complexity index is 875. The first-order chi connectivity index (χ1) is 13.2. The smallest absolute Gasteiger partial charge is 0.195 e. The van der Waals surface area contributed by atoms with Gasteiger partial charge in [0.1, 0.15) is 12.1 Å². The summed E-state index contributed by atoms with van der Waals surface area (Å²) >= 11 is 7.50. The van der Waals surface area contributed by atoms with Gasteiger partial charge >= 0.3 is 0 Å². The lowest BCUT2D eigenvalue weighted by Crippen LogP contribution is -2.18. The number of nitrogens with zero attached hydrogens (tertiary/aromatic N) is 3. The van der Waals surface area contributed by atoms with Crippen molar-refractivity contribution < 1.29 is 14.6 Å². The highest BCUT2D eigenvalue weighted by Gasteiger charge is 2.14. The summed E-state index contributed by atoms with van der Waals surface area (Å²) in [5.74, 6) is 1.15. The molecule has 27 heavy (non-hydrogen) atoms. The number of aliphatic hydroxyl groups is 1. The zero-order chi connectivity index (χ0) is 19.1. The number of aliphatic hydroxyl groups excluding tert-OH is 1. The Hall–Kier alpha value is -2.06. The quantitative estimate of drug-likeness (QED) is 0.548. The van der Waals surface area contributed by atoms with Crippen molar-refractivity contribution in [3.8, 4) is 11.4 Å². The van der Waals surface area contributed by atoms with Gasteiger partial charge in [-0.1, -0.05) is 53.7 Å². The van der Waals surface area contributed by atoms with Gasteiger partial charge in [-0.2, -0.15) is 0 Å². The number of ether oxygens (including phenoxy) is 2. The zero-order valence-electron chi connectivity index (χ0n) is 14.8. The normalized spacial score (nSPS) is 12.1. The van der Waals surface area contributed by atoms with E-state index in [2.05, 4.69) is 10.2 Å². The Morgan fingerprint density at radius 1 is 1.19 bits per heavy atom. The van der Waals surface area contributed by atoms with Gasteiger partial charge in [0.15, 0.2) is 5.16 Å². The van der Waals surface area contributed by atoms with Crippen molar-refractivity contribution in [2.75, 3.05) is 19.5 Å². The van der Waals surface area contributed by atoms with Gasteiger partial charge < -0.3 is 14.6 Å². The highest BCUT2D eigenvalue weighted by atomic mass is 35.5. The predicted molar refractivity (Wildman–Crippen MR) is 106 cm³/mol. The largest absolute Gasteiger partial charge is 0.495 e. The molecule has 1 aromatic heterocycles. The molecule has 0 aliphatic carbocycles. The molecule has 142 valence electrons. The lowest BCUT2D eigenvalue weighted by Gasteiger charge is -2.13. The molecule has 0 aliphatic heterocycles. The van der Waals surface area contributed by atoms with Crippen molar-refractivity contribution in [2.24, 2.45) is 0 Å². The second-order valence-corrected chi connectivity index (χ2v) is 7.12. The van der Waals surface area contributed by atoms with Gasteiger partial charge in [0.25, 0.3) is 0 Å². The molecular weight excluding hydrogens is 386 g/mol. The number of hydrogen-bond acceptors (Lipinski definition) is 6. The molecule has 0 radical (unpaired) electrons. The first-order valence-corrected chi connectivity index (χ1v) is 9.71. The number of para-hydroxylation sites is 2. The van der Waals surface area contributed by atoms with Gasteiger partial charge in [-0.15, -0.1) is 10.2 Å². The third-order valence-electron chi connectivity index (χ3n) is 3.79. The summed E-state index contributed by atoms with van der Waals surface area (Å²) in [6, 6.07) is 15.1. The zero-order valence-corrected chi connectivity index (χ0v) is 16.4. The van der Waals surface area contributed by atoms with Gasteiger partial charge in [0, 0.05) is 10.8 Å². The first kappa shape index (κ1) is 19.7. The third-order valence-corrected chi connectivity index (χ3v) is 5.25. The average Bonchev–Trinajstić information content (AvgIpc) is 3.16. The Morgan fingerprint density at radius 3 is 2.78 bits per heavy atom. The molecule has 1 atom stereocenters. The van der Waals surface area contributed by atoms with Gasteiger partial charge in [-0.25, -0.2) is 0 Å². The van der Waals surface area contributed by atoms with E-state index in [1.54, 1.807) is 13.4 Å². The van der Waals surface area contributed by atoms with Crippen LogP contribution >= 0.6 is 23.4 Å². The van der Waals surface area contributed by atoms with Crippen LogP contribution < -0.4 is 4.74 Å². The van der Waals surface area contributed by atoms with E-state index >= 15 is 0 Å². The molecule has 0 bridgehead atoms. The van der Waals surface area contributed by atoms with E-state index in [1.165, 1.54) is 11.8 Å². The summed E-state index contributed by atoms with van der Waals surface area (Å²) in [6.07, 6.45) is 0.987. The van der Waals surface area contributed by atoms with E-state index in [4.69, 9.17) is 21.1 Å². The van der Waals surface area contributed by atoms with E-state index in [1.807, 2.05) is 53.1 Å². The fraction of sp³-hybridized carbons (Fsp3) is 0.263. The van der Waals surface area contributed by atoms with Crippen LogP contribution in [0.1, 0.15) is 5.56 Å².